The van der Waals surface area contributed by atoms with Gasteiger partial charge in [0.2, 0.25) is 5.91 Å². The van der Waals surface area contributed by atoms with Crippen molar-refractivity contribution in [2.75, 3.05) is 13.1 Å². The number of carbonyl (C=O) groups is 2. The number of hydrogen-bond donors (Lipinski definition) is 2. The molecular weight excluding hydrogens is 324 g/mol. The van der Waals surface area contributed by atoms with E-state index in [-0.39, 0.29) is 17.2 Å². The zero-order valence-electron chi connectivity index (χ0n) is 15.7. The molecule has 4 fully saturated rings. The number of hydrogen-bond acceptors (Lipinski definition) is 2. The Morgan fingerprint density at radius 2 is 1.62 bits per heavy atom. The standard InChI is InChI=1S/C22H30N2O2/c1-15-3-2-4-19(7-15)21(26)24-6-5-23-20(25)14-22-11-16-8-17(12-22)10-18(9-16)13-22/h2-4,7,16-18H,5-6,8-14H2,1H3,(H,23,25)(H,24,26). The number of rotatable bonds is 6. The summed E-state index contributed by atoms with van der Waals surface area (Å²) in [6.45, 7) is 2.95. The van der Waals surface area contributed by atoms with Crippen molar-refractivity contribution in [1.29, 1.82) is 0 Å². The first-order valence-electron chi connectivity index (χ1n) is 10.1. The lowest BCUT2D eigenvalue weighted by Crippen LogP contribution is -2.48. The second-order valence-electron chi connectivity index (χ2n) is 9.07. The fourth-order valence-electron chi connectivity index (χ4n) is 6.18. The molecular formula is C22H30N2O2. The highest BCUT2D eigenvalue weighted by atomic mass is 16.2. The maximum Gasteiger partial charge on any atom is 0.251 e. The van der Waals surface area contributed by atoms with Crippen LogP contribution in [0.3, 0.4) is 0 Å². The van der Waals surface area contributed by atoms with E-state index in [4.69, 9.17) is 0 Å². The zero-order chi connectivity index (χ0) is 18.1. The van der Waals surface area contributed by atoms with Gasteiger partial charge in [-0.3, -0.25) is 9.59 Å². The number of benzene rings is 1. The van der Waals surface area contributed by atoms with Crippen LogP contribution in [0.4, 0.5) is 0 Å². The average molecular weight is 354 g/mol. The summed E-state index contributed by atoms with van der Waals surface area (Å²) in [5.41, 5.74) is 2.02. The molecule has 140 valence electrons. The Hall–Kier alpha value is -1.84. The Kier molecular flexibility index (Phi) is 4.76. The van der Waals surface area contributed by atoms with Gasteiger partial charge in [0, 0.05) is 25.1 Å². The van der Waals surface area contributed by atoms with Gasteiger partial charge in [-0.05, 0) is 80.8 Å². The number of carbonyl (C=O) groups excluding carboxylic acids is 2. The second kappa shape index (κ2) is 7.05. The van der Waals surface area contributed by atoms with Crippen LogP contribution < -0.4 is 10.6 Å². The van der Waals surface area contributed by atoms with Crippen LogP contribution in [0.2, 0.25) is 0 Å². The minimum Gasteiger partial charge on any atom is -0.354 e. The molecule has 1 aromatic rings. The largest absolute Gasteiger partial charge is 0.354 e. The van der Waals surface area contributed by atoms with Gasteiger partial charge in [0.25, 0.3) is 5.91 Å². The first kappa shape index (κ1) is 17.6. The molecule has 0 spiro atoms. The Balaban J connectivity index is 1.21. The zero-order valence-corrected chi connectivity index (χ0v) is 15.7. The summed E-state index contributed by atoms with van der Waals surface area (Å²) in [7, 11) is 0. The summed E-state index contributed by atoms with van der Waals surface area (Å²) >= 11 is 0. The van der Waals surface area contributed by atoms with Gasteiger partial charge in [-0.25, -0.2) is 0 Å². The van der Waals surface area contributed by atoms with Gasteiger partial charge in [0.15, 0.2) is 0 Å². The van der Waals surface area contributed by atoms with E-state index < -0.39 is 0 Å². The van der Waals surface area contributed by atoms with Gasteiger partial charge in [-0.15, -0.1) is 0 Å². The molecule has 0 unspecified atom stereocenters. The first-order valence-corrected chi connectivity index (χ1v) is 10.1. The summed E-state index contributed by atoms with van der Waals surface area (Å²) in [6.07, 6.45) is 8.69. The van der Waals surface area contributed by atoms with Crippen molar-refractivity contribution in [3.63, 3.8) is 0 Å². The molecule has 0 radical (unpaired) electrons. The summed E-state index contributed by atoms with van der Waals surface area (Å²) in [5, 5.41) is 5.91. The van der Waals surface area contributed by atoms with Crippen molar-refractivity contribution < 1.29 is 9.59 Å². The molecule has 0 atom stereocenters. The first-order chi connectivity index (χ1) is 12.5. The second-order valence-corrected chi connectivity index (χ2v) is 9.07. The van der Waals surface area contributed by atoms with Crippen molar-refractivity contribution in [3.05, 3.63) is 35.4 Å². The summed E-state index contributed by atoms with van der Waals surface area (Å²) in [6, 6.07) is 7.55. The summed E-state index contributed by atoms with van der Waals surface area (Å²) in [5.74, 6) is 2.72. The molecule has 26 heavy (non-hydrogen) atoms. The maximum absolute atomic E-state index is 12.5. The fraction of sp³-hybridized carbons (Fsp3) is 0.636. The van der Waals surface area contributed by atoms with Crippen LogP contribution in [0.15, 0.2) is 24.3 Å². The van der Waals surface area contributed by atoms with Crippen LogP contribution >= 0.6 is 0 Å². The van der Waals surface area contributed by atoms with Crippen LogP contribution in [0.1, 0.15) is 60.9 Å². The molecule has 4 saturated carbocycles. The Morgan fingerprint density at radius 1 is 1.00 bits per heavy atom. The summed E-state index contributed by atoms with van der Waals surface area (Å²) < 4.78 is 0. The lowest BCUT2D eigenvalue weighted by atomic mass is 9.49. The number of aryl methyl sites for hydroxylation is 1. The van der Waals surface area contributed by atoms with E-state index in [0.717, 1.165) is 23.3 Å². The molecule has 4 aliphatic rings. The van der Waals surface area contributed by atoms with E-state index in [0.29, 0.717) is 25.1 Å². The Labute approximate surface area is 156 Å². The van der Waals surface area contributed by atoms with Gasteiger partial charge in [0.1, 0.15) is 0 Å². The predicted molar refractivity (Wildman–Crippen MR) is 102 cm³/mol. The molecule has 4 heteroatoms. The lowest BCUT2D eigenvalue weighted by Gasteiger charge is -2.56. The third-order valence-electron chi connectivity index (χ3n) is 6.71. The SMILES string of the molecule is Cc1cccc(C(=O)NCCNC(=O)CC23CC4CC(CC(C4)C2)C3)c1. The topological polar surface area (TPSA) is 58.2 Å². The quantitative estimate of drug-likeness (QED) is 0.769. The molecule has 2 N–H and O–H groups in total. The van der Waals surface area contributed by atoms with Gasteiger partial charge in [0.05, 0.1) is 0 Å². The minimum atomic E-state index is -0.0796. The van der Waals surface area contributed by atoms with E-state index >= 15 is 0 Å². The monoisotopic (exact) mass is 354 g/mol. The Bertz CT molecular complexity index is 662. The van der Waals surface area contributed by atoms with Crippen LogP contribution in [-0.2, 0) is 4.79 Å². The van der Waals surface area contributed by atoms with Gasteiger partial charge >= 0.3 is 0 Å². The highest BCUT2D eigenvalue weighted by Gasteiger charge is 2.51. The van der Waals surface area contributed by atoms with Gasteiger partial charge < -0.3 is 10.6 Å². The normalized spacial score (nSPS) is 31.7. The van der Waals surface area contributed by atoms with E-state index in [1.807, 2.05) is 31.2 Å². The molecule has 0 saturated heterocycles. The molecule has 2 amide bonds. The molecule has 4 nitrogen and oxygen atoms in total. The summed E-state index contributed by atoms with van der Waals surface area (Å²) in [4.78, 5) is 24.6. The number of amides is 2. The number of nitrogens with one attached hydrogen (secondary N) is 2. The smallest absolute Gasteiger partial charge is 0.251 e. The predicted octanol–water partition coefficient (Wildman–Crippen LogP) is 3.45. The van der Waals surface area contributed by atoms with E-state index in [1.165, 1.54) is 38.5 Å². The van der Waals surface area contributed by atoms with Crippen LogP contribution in [0, 0.1) is 30.1 Å². The van der Waals surface area contributed by atoms with Gasteiger partial charge in [-0.1, -0.05) is 17.7 Å². The maximum atomic E-state index is 12.5. The average Bonchev–Trinajstić information content (AvgIpc) is 2.57. The molecule has 0 aliphatic heterocycles. The molecule has 0 heterocycles. The van der Waals surface area contributed by atoms with Crippen LogP contribution in [0.25, 0.3) is 0 Å². The van der Waals surface area contributed by atoms with Crippen molar-refractivity contribution in [1.82, 2.24) is 10.6 Å². The third kappa shape index (κ3) is 3.79. The molecule has 4 aliphatic carbocycles. The molecule has 1 aromatic carbocycles. The van der Waals surface area contributed by atoms with Crippen molar-refractivity contribution in [2.24, 2.45) is 23.2 Å². The molecule has 0 aromatic heterocycles. The van der Waals surface area contributed by atoms with E-state index in [2.05, 4.69) is 10.6 Å². The highest BCUT2D eigenvalue weighted by molar-refractivity contribution is 5.94. The van der Waals surface area contributed by atoms with Crippen molar-refractivity contribution in [3.8, 4) is 0 Å². The fourth-order valence-corrected chi connectivity index (χ4v) is 6.18. The van der Waals surface area contributed by atoms with E-state index in [9.17, 15) is 9.59 Å². The van der Waals surface area contributed by atoms with Crippen LogP contribution in [0.5, 0.6) is 0 Å². The Morgan fingerprint density at radius 3 is 2.23 bits per heavy atom. The third-order valence-corrected chi connectivity index (χ3v) is 6.71. The van der Waals surface area contributed by atoms with Crippen LogP contribution in [-0.4, -0.2) is 24.9 Å². The van der Waals surface area contributed by atoms with Gasteiger partial charge in [-0.2, -0.15) is 0 Å². The minimum absolute atomic E-state index is 0.0796. The van der Waals surface area contributed by atoms with E-state index in [1.54, 1.807) is 0 Å². The molecule has 4 bridgehead atoms. The lowest BCUT2D eigenvalue weighted by molar-refractivity contribution is -0.129. The highest BCUT2D eigenvalue weighted by Crippen LogP contribution is 2.61. The van der Waals surface area contributed by atoms with Crippen molar-refractivity contribution in [2.45, 2.75) is 51.9 Å². The van der Waals surface area contributed by atoms with Crippen molar-refractivity contribution >= 4 is 11.8 Å². The molecule has 5 rings (SSSR count).